The highest BCUT2D eigenvalue weighted by atomic mass is 35.5. The molecular formula is C17H14ClNO2. The molecule has 0 fully saturated rings. The summed E-state index contributed by atoms with van der Waals surface area (Å²) in [6, 6.07) is 13.5. The van der Waals surface area contributed by atoms with Gasteiger partial charge in [0.1, 0.15) is 5.76 Å². The summed E-state index contributed by atoms with van der Waals surface area (Å²) in [4.78, 5) is 0. The molecule has 0 amide bonds. The van der Waals surface area contributed by atoms with Crippen molar-refractivity contribution >= 4 is 22.6 Å². The number of hydrogen-bond donors (Lipinski definition) is 1. The van der Waals surface area contributed by atoms with E-state index in [-0.39, 0.29) is 6.04 Å². The fraction of sp³-hybridized carbons (Fsp3) is 0.176. The predicted octanol–water partition coefficient (Wildman–Crippen LogP) is 4.16. The molecule has 2 heterocycles. The fourth-order valence-corrected chi connectivity index (χ4v) is 2.97. The van der Waals surface area contributed by atoms with Gasteiger partial charge < -0.3 is 14.9 Å². The van der Waals surface area contributed by atoms with Crippen molar-refractivity contribution in [3.8, 4) is 0 Å². The molecule has 106 valence electrons. The number of fused-ring (bicyclic) bond motifs is 2. The van der Waals surface area contributed by atoms with E-state index in [1.165, 1.54) is 11.1 Å². The van der Waals surface area contributed by atoms with Crippen LogP contribution in [0.25, 0.3) is 11.0 Å². The molecular weight excluding hydrogens is 286 g/mol. The van der Waals surface area contributed by atoms with Crippen LogP contribution in [0.15, 0.2) is 46.9 Å². The van der Waals surface area contributed by atoms with E-state index in [0.29, 0.717) is 23.8 Å². The third-order valence-corrected chi connectivity index (χ3v) is 4.22. The summed E-state index contributed by atoms with van der Waals surface area (Å²) < 4.78 is 11.3. The van der Waals surface area contributed by atoms with Crippen LogP contribution in [0.4, 0.5) is 0 Å². The Labute approximate surface area is 127 Å². The van der Waals surface area contributed by atoms with Crippen LogP contribution in [0.1, 0.15) is 28.5 Å². The smallest absolute Gasteiger partial charge is 0.152 e. The second-order valence-corrected chi connectivity index (χ2v) is 5.71. The Kier molecular flexibility index (Phi) is 3.00. The lowest BCUT2D eigenvalue weighted by Crippen LogP contribution is -2.11. The van der Waals surface area contributed by atoms with E-state index in [0.717, 1.165) is 16.7 Å². The molecule has 21 heavy (non-hydrogen) atoms. The van der Waals surface area contributed by atoms with Gasteiger partial charge in [0, 0.05) is 5.39 Å². The molecule has 0 saturated carbocycles. The second-order valence-electron chi connectivity index (χ2n) is 5.31. The summed E-state index contributed by atoms with van der Waals surface area (Å²) in [7, 11) is 0. The van der Waals surface area contributed by atoms with Gasteiger partial charge in [-0.3, -0.25) is 0 Å². The molecule has 3 aromatic rings. The van der Waals surface area contributed by atoms with Gasteiger partial charge in [-0.1, -0.05) is 41.9 Å². The fourth-order valence-electron chi connectivity index (χ4n) is 2.75. The topological polar surface area (TPSA) is 48.4 Å². The van der Waals surface area contributed by atoms with Gasteiger partial charge in [-0.05, 0) is 28.8 Å². The van der Waals surface area contributed by atoms with Gasteiger partial charge in [-0.2, -0.15) is 0 Å². The van der Waals surface area contributed by atoms with E-state index in [2.05, 4.69) is 12.1 Å². The minimum atomic E-state index is -0.306. The van der Waals surface area contributed by atoms with Crippen molar-refractivity contribution < 1.29 is 9.15 Å². The molecule has 4 heteroatoms. The number of nitrogens with two attached hydrogens (primary N) is 1. The lowest BCUT2D eigenvalue weighted by atomic mass is 10.00. The van der Waals surface area contributed by atoms with Gasteiger partial charge >= 0.3 is 0 Å². The molecule has 1 aliphatic heterocycles. The van der Waals surface area contributed by atoms with E-state index < -0.39 is 0 Å². The number of benzene rings is 2. The van der Waals surface area contributed by atoms with Crippen molar-refractivity contribution in [1.82, 2.24) is 0 Å². The molecule has 1 unspecified atom stereocenters. The molecule has 0 saturated heterocycles. The van der Waals surface area contributed by atoms with Crippen molar-refractivity contribution in [2.45, 2.75) is 19.3 Å². The highest BCUT2D eigenvalue weighted by molar-refractivity contribution is 6.34. The zero-order valence-electron chi connectivity index (χ0n) is 11.3. The average molecular weight is 300 g/mol. The lowest BCUT2D eigenvalue weighted by Gasteiger charge is -2.10. The van der Waals surface area contributed by atoms with Gasteiger partial charge in [0.15, 0.2) is 5.58 Å². The number of halogens is 1. The van der Waals surface area contributed by atoms with E-state index in [1.54, 1.807) is 0 Å². The zero-order valence-corrected chi connectivity index (χ0v) is 12.1. The van der Waals surface area contributed by atoms with Gasteiger partial charge in [0.2, 0.25) is 0 Å². The molecule has 0 bridgehead atoms. The highest BCUT2D eigenvalue weighted by Gasteiger charge is 2.18. The van der Waals surface area contributed by atoms with Crippen LogP contribution >= 0.6 is 11.6 Å². The maximum Gasteiger partial charge on any atom is 0.152 e. The minimum absolute atomic E-state index is 0.306. The Morgan fingerprint density at radius 3 is 2.76 bits per heavy atom. The van der Waals surface area contributed by atoms with Crippen LogP contribution in [0.2, 0.25) is 5.02 Å². The van der Waals surface area contributed by atoms with Gasteiger partial charge in [-0.25, -0.2) is 0 Å². The maximum atomic E-state index is 6.35. The molecule has 0 radical (unpaired) electrons. The average Bonchev–Trinajstić information content (AvgIpc) is 3.12. The summed E-state index contributed by atoms with van der Waals surface area (Å²) in [5.74, 6) is 0.719. The number of rotatable bonds is 2. The number of ether oxygens (including phenoxy) is 1. The molecule has 0 aliphatic carbocycles. The molecule has 0 spiro atoms. The van der Waals surface area contributed by atoms with Crippen molar-refractivity contribution in [3.63, 3.8) is 0 Å². The first-order chi connectivity index (χ1) is 10.2. The largest absolute Gasteiger partial charge is 0.457 e. The predicted molar refractivity (Wildman–Crippen MR) is 82.2 cm³/mol. The van der Waals surface area contributed by atoms with Crippen molar-refractivity contribution in [2.75, 3.05) is 0 Å². The van der Waals surface area contributed by atoms with E-state index in [1.807, 2.05) is 30.3 Å². The van der Waals surface area contributed by atoms with Crippen molar-refractivity contribution in [1.29, 1.82) is 0 Å². The first-order valence-corrected chi connectivity index (χ1v) is 7.23. The second kappa shape index (κ2) is 4.88. The summed E-state index contributed by atoms with van der Waals surface area (Å²) in [5, 5.41) is 1.57. The molecule has 1 aliphatic rings. The van der Waals surface area contributed by atoms with Crippen LogP contribution in [0.5, 0.6) is 0 Å². The molecule has 3 nitrogen and oxygen atoms in total. The first kappa shape index (κ1) is 12.9. The van der Waals surface area contributed by atoms with Gasteiger partial charge in [0.25, 0.3) is 0 Å². The summed E-state index contributed by atoms with van der Waals surface area (Å²) in [6.45, 7) is 1.34. The Morgan fingerprint density at radius 2 is 1.90 bits per heavy atom. The van der Waals surface area contributed by atoms with Crippen molar-refractivity contribution in [3.05, 3.63) is 69.9 Å². The van der Waals surface area contributed by atoms with Gasteiger partial charge in [-0.15, -0.1) is 0 Å². The molecule has 1 atom stereocenters. The summed E-state index contributed by atoms with van der Waals surface area (Å²) >= 11 is 6.15. The number of hydrogen-bond acceptors (Lipinski definition) is 3. The first-order valence-electron chi connectivity index (χ1n) is 6.85. The number of furan rings is 1. The van der Waals surface area contributed by atoms with Crippen LogP contribution in [-0.2, 0) is 18.0 Å². The van der Waals surface area contributed by atoms with E-state index in [4.69, 9.17) is 26.5 Å². The minimum Gasteiger partial charge on any atom is -0.457 e. The van der Waals surface area contributed by atoms with E-state index >= 15 is 0 Å². The standard InChI is InChI=1S/C17H14ClNO2/c18-14-3-1-2-11-7-15(21-17(11)14)16(19)10-4-5-12-8-20-9-13(12)6-10/h1-7,16H,8-9,19H2. The number of para-hydroxylation sites is 1. The molecule has 4 rings (SSSR count). The van der Waals surface area contributed by atoms with Crippen LogP contribution in [0, 0.1) is 0 Å². The lowest BCUT2D eigenvalue weighted by molar-refractivity contribution is 0.134. The molecule has 2 aromatic carbocycles. The van der Waals surface area contributed by atoms with Crippen LogP contribution < -0.4 is 5.73 Å². The van der Waals surface area contributed by atoms with Crippen LogP contribution in [-0.4, -0.2) is 0 Å². The SMILES string of the molecule is NC(c1ccc2c(c1)COC2)c1cc2cccc(Cl)c2o1. The van der Waals surface area contributed by atoms with Crippen molar-refractivity contribution in [2.24, 2.45) is 5.73 Å². The normalized spacial score (nSPS) is 15.3. The Morgan fingerprint density at radius 1 is 1.05 bits per heavy atom. The Hall–Kier alpha value is -1.81. The highest BCUT2D eigenvalue weighted by Crippen LogP contribution is 2.32. The molecule has 2 N–H and O–H groups in total. The summed E-state index contributed by atoms with van der Waals surface area (Å²) in [6.07, 6.45) is 0. The quantitative estimate of drug-likeness (QED) is 0.773. The third-order valence-electron chi connectivity index (χ3n) is 3.93. The Bertz CT molecular complexity index is 825. The molecule has 1 aromatic heterocycles. The summed E-state index contributed by atoms with van der Waals surface area (Å²) in [5.41, 5.74) is 10.5. The third kappa shape index (κ3) is 2.14. The maximum absolute atomic E-state index is 6.35. The zero-order chi connectivity index (χ0) is 14.4. The van der Waals surface area contributed by atoms with Crippen LogP contribution in [0.3, 0.4) is 0 Å². The monoisotopic (exact) mass is 299 g/mol. The Balaban J connectivity index is 1.75. The van der Waals surface area contributed by atoms with Gasteiger partial charge in [0.05, 0.1) is 24.3 Å². The van der Waals surface area contributed by atoms with E-state index in [9.17, 15) is 0 Å².